The van der Waals surface area contributed by atoms with Crippen LogP contribution < -0.4 is 5.32 Å². The molecule has 2 N–H and O–H groups in total. The number of likely N-dealkylation sites (N-methyl/N-ethyl adjacent to an activating group) is 1. The molecular weight excluding hydrogens is 288 g/mol. The van der Waals surface area contributed by atoms with Gasteiger partial charge in [-0.2, -0.15) is 0 Å². The number of hydrogen-bond acceptors (Lipinski definition) is 4. The van der Waals surface area contributed by atoms with Gasteiger partial charge in [-0.1, -0.05) is 27.7 Å². The van der Waals surface area contributed by atoms with Gasteiger partial charge >= 0.3 is 5.97 Å². The molecule has 0 saturated heterocycles. The van der Waals surface area contributed by atoms with E-state index in [1.165, 1.54) is 0 Å². The summed E-state index contributed by atoms with van der Waals surface area (Å²) in [5.41, 5.74) is 0. The zero-order valence-corrected chi connectivity index (χ0v) is 14.3. The molecule has 1 atom stereocenters. The monoisotopic (exact) mass is 316 g/mol. The number of carbonyl (C=O) groups excluding carboxylic acids is 1. The van der Waals surface area contributed by atoms with Crippen LogP contribution in [0.25, 0.3) is 0 Å². The van der Waals surface area contributed by atoms with Gasteiger partial charge in [0.15, 0.2) is 0 Å². The van der Waals surface area contributed by atoms with Crippen molar-refractivity contribution in [3.8, 4) is 0 Å². The number of carboxylic acids is 1. The molecule has 0 radical (unpaired) electrons. The lowest BCUT2D eigenvalue weighted by Gasteiger charge is -2.42. The number of hydrogen-bond donors (Lipinski definition) is 2. The highest BCUT2D eigenvalue weighted by molar-refractivity contribution is 8.00. The van der Waals surface area contributed by atoms with Crippen LogP contribution >= 0.6 is 11.8 Å². The standard InChI is InChI=1S/C15H28N2O3S/c1-5-17(9-13(18)19)12-7-11(8-12)16-15(20)14(10(3)4)21-6-2/h10-12,14H,5-9H2,1-4H3,(H,16,20)(H,18,19). The summed E-state index contributed by atoms with van der Waals surface area (Å²) >= 11 is 1.69. The van der Waals surface area contributed by atoms with Crippen molar-refractivity contribution in [1.29, 1.82) is 0 Å². The summed E-state index contributed by atoms with van der Waals surface area (Å²) in [5, 5.41) is 12.0. The first-order chi connectivity index (χ1) is 9.88. The fraction of sp³-hybridized carbons (Fsp3) is 0.867. The highest BCUT2D eigenvalue weighted by Crippen LogP contribution is 2.27. The van der Waals surface area contributed by atoms with Crippen LogP contribution in [0.2, 0.25) is 0 Å². The maximum Gasteiger partial charge on any atom is 0.317 e. The second-order valence-electron chi connectivity index (χ2n) is 5.91. The number of carboxylic acid groups (broad SMARTS) is 1. The largest absolute Gasteiger partial charge is 0.480 e. The molecule has 1 amide bonds. The van der Waals surface area contributed by atoms with Gasteiger partial charge in [-0.15, -0.1) is 11.8 Å². The first-order valence-electron chi connectivity index (χ1n) is 7.76. The summed E-state index contributed by atoms with van der Waals surface area (Å²) in [6.07, 6.45) is 1.71. The molecule has 0 aromatic rings. The van der Waals surface area contributed by atoms with Gasteiger partial charge in [0.05, 0.1) is 11.8 Å². The molecule has 5 nitrogen and oxygen atoms in total. The van der Waals surface area contributed by atoms with Crippen LogP contribution in [0.1, 0.15) is 40.5 Å². The van der Waals surface area contributed by atoms with Crippen LogP contribution in [0.4, 0.5) is 0 Å². The third-order valence-corrected chi connectivity index (χ3v) is 5.38. The molecule has 1 aliphatic rings. The predicted molar refractivity (Wildman–Crippen MR) is 86.6 cm³/mol. The molecule has 1 fully saturated rings. The van der Waals surface area contributed by atoms with Gasteiger partial charge in [0, 0.05) is 12.1 Å². The first-order valence-corrected chi connectivity index (χ1v) is 8.81. The maximum atomic E-state index is 12.3. The quantitative estimate of drug-likeness (QED) is 0.679. The van der Waals surface area contributed by atoms with Crippen molar-refractivity contribution in [1.82, 2.24) is 10.2 Å². The van der Waals surface area contributed by atoms with E-state index >= 15 is 0 Å². The topological polar surface area (TPSA) is 69.6 Å². The summed E-state index contributed by atoms with van der Waals surface area (Å²) in [6.45, 7) is 9.00. The Labute approximate surface area is 131 Å². The fourth-order valence-corrected chi connectivity index (χ4v) is 3.67. The summed E-state index contributed by atoms with van der Waals surface area (Å²) in [4.78, 5) is 25.0. The summed E-state index contributed by atoms with van der Waals surface area (Å²) in [6, 6.07) is 0.483. The lowest BCUT2D eigenvalue weighted by molar-refractivity contribution is -0.139. The van der Waals surface area contributed by atoms with E-state index in [1.54, 1.807) is 11.8 Å². The van der Waals surface area contributed by atoms with E-state index in [9.17, 15) is 9.59 Å². The van der Waals surface area contributed by atoms with Crippen molar-refractivity contribution in [2.24, 2.45) is 5.92 Å². The molecule has 21 heavy (non-hydrogen) atoms. The number of carbonyl (C=O) groups is 2. The third kappa shape index (κ3) is 5.51. The van der Waals surface area contributed by atoms with E-state index in [0.29, 0.717) is 5.92 Å². The number of amides is 1. The van der Waals surface area contributed by atoms with E-state index in [4.69, 9.17) is 5.11 Å². The average Bonchev–Trinajstić information content (AvgIpc) is 2.36. The molecule has 0 aromatic heterocycles. The Hall–Kier alpha value is -0.750. The Morgan fingerprint density at radius 3 is 2.38 bits per heavy atom. The van der Waals surface area contributed by atoms with Crippen LogP contribution in [0.5, 0.6) is 0 Å². The number of rotatable bonds is 9. The highest BCUT2D eigenvalue weighted by atomic mass is 32.2. The minimum atomic E-state index is -0.788. The van der Waals surface area contributed by atoms with Gasteiger partial charge in [0.25, 0.3) is 0 Å². The summed E-state index contributed by atoms with van der Waals surface area (Å²) in [5.74, 6) is 0.598. The van der Waals surface area contributed by atoms with E-state index < -0.39 is 5.97 Å². The van der Waals surface area contributed by atoms with Crippen molar-refractivity contribution in [3.05, 3.63) is 0 Å². The smallest absolute Gasteiger partial charge is 0.317 e. The first kappa shape index (κ1) is 18.3. The molecule has 0 aliphatic heterocycles. The summed E-state index contributed by atoms with van der Waals surface area (Å²) in [7, 11) is 0. The van der Waals surface area contributed by atoms with Crippen LogP contribution in [0.15, 0.2) is 0 Å². The molecular formula is C15H28N2O3S. The fourth-order valence-electron chi connectivity index (χ4n) is 2.71. The van der Waals surface area contributed by atoms with Crippen molar-refractivity contribution in [3.63, 3.8) is 0 Å². The highest BCUT2D eigenvalue weighted by Gasteiger charge is 2.36. The van der Waals surface area contributed by atoms with Crippen molar-refractivity contribution in [2.75, 3.05) is 18.8 Å². The van der Waals surface area contributed by atoms with E-state index in [-0.39, 0.29) is 29.8 Å². The normalized spacial score (nSPS) is 23.0. The van der Waals surface area contributed by atoms with Crippen molar-refractivity contribution < 1.29 is 14.7 Å². The van der Waals surface area contributed by atoms with E-state index in [2.05, 4.69) is 26.1 Å². The van der Waals surface area contributed by atoms with Gasteiger partial charge in [-0.05, 0) is 31.1 Å². The number of thioether (sulfide) groups is 1. The average molecular weight is 316 g/mol. The van der Waals surface area contributed by atoms with Crippen molar-refractivity contribution >= 4 is 23.6 Å². The Kier molecular flexibility index (Phi) is 7.52. The molecule has 1 unspecified atom stereocenters. The van der Waals surface area contributed by atoms with Crippen LogP contribution in [0.3, 0.4) is 0 Å². The Bertz CT molecular complexity index is 357. The SMILES string of the molecule is CCSC(C(=O)NC1CC(N(CC)CC(=O)O)C1)C(C)C. The molecule has 1 saturated carbocycles. The van der Waals surface area contributed by atoms with Gasteiger partial charge in [0.2, 0.25) is 5.91 Å². The molecule has 0 spiro atoms. The van der Waals surface area contributed by atoms with Crippen LogP contribution in [-0.2, 0) is 9.59 Å². The van der Waals surface area contributed by atoms with Crippen molar-refractivity contribution in [2.45, 2.75) is 57.9 Å². The lowest BCUT2D eigenvalue weighted by Crippen LogP contribution is -2.56. The number of nitrogens with one attached hydrogen (secondary N) is 1. The Balaban J connectivity index is 2.39. The zero-order valence-electron chi connectivity index (χ0n) is 13.5. The van der Waals surface area contributed by atoms with Gasteiger partial charge in [-0.3, -0.25) is 14.5 Å². The molecule has 0 aromatic carbocycles. The van der Waals surface area contributed by atoms with E-state index in [0.717, 1.165) is 25.1 Å². The maximum absolute atomic E-state index is 12.3. The van der Waals surface area contributed by atoms with Gasteiger partial charge in [0.1, 0.15) is 0 Å². The molecule has 1 aliphatic carbocycles. The Morgan fingerprint density at radius 2 is 1.95 bits per heavy atom. The molecule has 122 valence electrons. The molecule has 1 rings (SSSR count). The number of nitrogens with zero attached hydrogens (tertiary/aromatic N) is 1. The Morgan fingerprint density at radius 1 is 1.33 bits per heavy atom. The van der Waals surface area contributed by atoms with Crippen LogP contribution in [0, 0.1) is 5.92 Å². The second kappa shape index (κ2) is 8.63. The van der Waals surface area contributed by atoms with E-state index in [1.807, 2.05) is 11.8 Å². The van der Waals surface area contributed by atoms with Crippen LogP contribution in [-0.4, -0.2) is 58.1 Å². The second-order valence-corrected chi connectivity index (χ2v) is 7.33. The third-order valence-electron chi connectivity index (χ3n) is 3.93. The number of aliphatic carboxylic acids is 1. The van der Waals surface area contributed by atoms with Gasteiger partial charge < -0.3 is 10.4 Å². The molecule has 0 heterocycles. The minimum Gasteiger partial charge on any atom is -0.480 e. The lowest BCUT2D eigenvalue weighted by atomic mass is 9.85. The molecule has 0 bridgehead atoms. The molecule has 6 heteroatoms. The summed E-state index contributed by atoms with van der Waals surface area (Å²) < 4.78 is 0. The zero-order chi connectivity index (χ0) is 16.0. The predicted octanol–water partition coefficient (Wildman–Crippen LogP) is 1.82. The van der Waals surface area contributed by atoms with Gasteiger partial charge in [-0.25, -0.2) is 0 Å². The minimum absolute atomic E-state index is 0.00958.